The van der Waals surface area contributed by atoms with Gasteiger partial charge < -0.3 is 15.2 Å². The minimum atomic E-state index is -0.765. The van der Waals surface area contributed by atoms with Crippen molar-refractivity contribution in [2.45, 2.75) is 40.0 Å². The number of nitrogens with one attached hydrogen (secondary N) is 1. The molecule has 0 aromatic heterocycles. The van der Waals surface area contributed by atoms with Crippen molar-refractivity contribution in [1.82, 2.24) is 5.32 Å². The zero-order valence-corrected chi connectivity index (χ0v) is 13.3. The number of benzene rings is 1. The third kappa shape index (κ3) is 9.08. The molecule has 0 aliphatic heterocycles. The van der Waals surface area contributed by atoms with E-state index < -0.39 is 5.97 Å². The van der Waals surface area contributed by atoms with Gasteiger partial charge in [-0.25, -0.2) is 0 Å². The Morgan fingerprint density at radius 2 is 1.86 bits per heavy atom. The van der Waals surface area contributed by atoms with Crippen LogP contribution in [0, 0.1) is 5.41 Å². The SMILES string of the molecule is CC(C)(C)CCOc1ccc(CCNCCC(=O)O)cc1. The number of carboxylic acid groups (broad SMARTS) is 1. The van der Waals surface area contributed by atoms with Gasteiger partial charge in [-0.15, -0.1) is 0 Å². The maximum absolute atomic E-state index is 10.4. The number of carboxylic acids is 1. The van der Waals surface area contributed by atoms with Crippen molar-refractivity contribution < 1.29 is 14.6 Å². The van der Waals surface area contributed by atoms with E-state index >= 15 is 0 Å². The lowest BCUT2D eigenvalue weighted by Crippen LogP contribution is -2.20. The summed E-state index contributed by atoms with van der Waals surface area (Å²) in [5.74, 6) is 0.140. The molecule has 1 rings (SSSR count). The van der Waals surface area contributed by atoms with Gasteiger partial charge in [0.15, 0.2) is 0 Å². The van der Waals surface area contributed by atoms with Crippen LogP contribution < -0.4 is 10.1 Å². The van der Waals surface area contributed by atoms with Crippen LogP contribution in [-0.4, -0.2) is 30.8 Å². The summed E-state index contributed by atoms with van der Waals surface area (Å²) in [7, 11) is 0. The maximum atomic E-state index is 10.4. The molecule has 1 aromatic rings. The van der Waals surface area contributed by atoms with Crippen LogP contribution in [-0.2, 0) is 11.2 Å². The first-order valence-electron chi connectivity index (χ1n) is 7.51. The Morgan fingerprint density at radius 1 is 1.19 bits per heavy atom. The van der Waals surface area contributed by atoms with E-state index in [0.29, 0.717) is 12.0 Å². The van der Waals surface area contributed by atoms with E-state index in [0.717, 1.165) is 31.7 Å². The molecule has 21 heavy (non-hydrogen) atoms. The zero-order valence-electron chi connectivity index (χ0n) is 13.3. The van der Waals surface area contributed by atoms with E-state index in [1.807, 2.05) is 12.1 Å². The highest BCUT2D eigenvalue weighted by Gasteiger charge is 2.09. The molecule has 0 aliphatic rings. The molecule has 0 atom stereocenters. The average Bonchev–Trinajstić information content (AvgIpc) is 2.38. The lowest BCUT2D eigenvalue weighted by molar-refractivity contribution is -0.136. The van der Waals surface area contributed by atoms with Crippen LogP contribution >= 0.6 is 0 Å². The molecule has 2 N–H and O–H groups in total. The Morgan fingerprint density at radius 3 is 2.43 bits per heavy atom. The van der Waals surface area contributed by atoms with Crippen molar-refractivity contribution in [1.29, 1.82) is 0 Å². The van der Waals surface area contributed by atoms with Gasteiger partial charge in [-0.3, -0.25) is 4.79 Å². The minimum Gasteiger partial charge on any atom is -0.494 e. The van der Waals surface area contributed by atoms with Gasteiger partial charge in [0.2, 0.25) is 0 Å². The van der Waals surface area contributed by atoms with E-state index in [1.54, 1.807) is 0 Å². The molecule has 0 heterocycles. The quantitative estimate of drug-likeness (QED) is 0.687. The fraction of sp³-hybridized carbons (Fsp3) is 0.588. The molecule has 0 saturated carbocycles. The Labute approximate surface area is 127 Å². The van der Waals surface area contributed by atoms with Crippen LogP contribution in [0.5, 0.6) is 5.75 Å². The number of hydrogen-bond acceptors (Lipinski definition) is 3. The molecule has 0 amide bonds. The van der Waals surface area contributed by atoms with Crippen LogP contribution in [0.3, 0.4) is 0 Å². The third-order valence-corrected chi connectivity index (χ3v) is 3.15. The average molecular weight is 293 g/mol. The van der Waals surface area contributed by atoms with Crippen LogP contribution in [0.2, 0.25) is 0 Å². The van der Waals surface area contributed by atoms with Gasteiger partial charge in [-0.2, -0.15) is 0 Å². The molecular weight excluding hydrogens is 266 g/mol. The fourth-order valence-corrected chi connectivity index (χ4v) is 1.78. The van der Waals surface area contributed by atoms with Crippen LogP contribution in [0.25, 0.3) is 0 Å². The molecule has 0 radical (unpaired) electrons. The predicted octanol–water partition coefficient (Wildman–Crippen LogP) is 3.11. The summed E-state index contributed by atoms with van der Waals surface area (Å²) in [6.45, 7) is 8.66. The molecule has 118 valence electrons. The van der Waals surface area contributed by atoms with Crippen LogP contribution in [0.4, 0.5) is 0 Å². The van der Waals surface area contributed by atoms with E-state index in [2.05, 4.69) is 38.2 Å². The molecule has 0 spiro atoms. The van der Waals surface area contributed by atoms with Crippen molar-refractivity contribution in [2.75, 3.05) is 19.7 Å². The summed E-state index contributed by atoms with van der Waals surface area (Å²) in [4.78, 5) is 10.4. The number of carbonyl (C=O) groups is 1. The smallest absolute Gasteiger partial charge is 0.304 e. The van der Waals surface area contributed by atoms with E-state index in [9.17, 15) is 4.79 Å². The number of hydrogen-bond donors (Lipinski definition) is 2. The van der Waals surface area contributed by atoms with Gasteiger partial charge in [0.1, 0.15) is 5.75 Å². The van der Waals surface area contributed by atoms with Gasteiger partial charge in [0.25, 0.3) is 0 Å². The van der Waals surface area contributed by atoms with Crippen molar-refractivity contribution in [3.8, 4) is 5.75 Å². The van der Waals surface area contributed by atoms with Crippen LogP contribution in [0.1, 0.15) is 39.2 Å². The second-order valence-corrected chi connectivity index (χ2v) is 6.45. The first-order chi connectivity index (χ1) is 9.87. The molecule has 4 nitrogen and oxygen atoms in total. The summed E-state index contributed by atoms with van der Waals surface area (Å²) in [6.07, 6.45) is 2.09. The van der Waals surface area contributed by atoms with E-state index in [-0.39, 0.29) is 6.42 Å². The van der Waals surface area contributed by atoms with Gasteiger partial charge >= 0.3 is 5.97 Å². The predicted molar refractivity (Wildman–Crippen MR) is 84.8 cm³/mol. The first kappa shape index (κ1) is 17.5. The lowest BCUT2D eigenvalue weighted by atomic mass is 9.93. The molecule has 0 unspecified atom stereocenters. The Hall–Kier alpha value is -1.55. The molecule has 4 heteroatoms. The van der Waals surface area contributed by atoms with Gasteiger partial charge in [-0.1, -0.05) is 32.9 Å². The topological polar surface area (TPSA) is 58.6 Å². The van der Waals surface area contributed by atoms with Crippen molar-refractivity contribution in [3.63, 3.8) is 0 Å². The lowest BCUT2D eigenvalue weighted by Gasteiger charge is -2.18. The van der Waals surface area contributed by atoms with Crippen molar-refractivity contribution in [3.05, 3.63) is 29.8 Å². The second-order valence-electron chi connectivity index (χ2n) is 6.45. The molecule has 0 bridgehead atoms. The second kappa shape index (κ2) is 8.67. The van der Waals surface area contributed by atoms with Crippen molar-refractivity contribution >= 4 is 5.97 Å². The van der Waals surface area contributed by atoms with Crippen molar-refractivity contribution in [2.24, 2.45) is 5.41 Å². The standard InChI is InChI=1S/C17H27NO3/c1-17(2,3)10-13-21-15-6-4-14(5-7-15)8-11-18-12-9-16(19)20/h4-7,18H,8-13H2,1-3H3,(H,19,20). The first-order valence-corrected chi connectivity index (χ1v) is 7.51. The van der Waals surface area contributed by atoms with Gasteiger partial charge in [-0.05, 0) is 42.5 Å². The highest BCUT2D eigenvalue weighted by molar-refractivity contribution is 5.66. The number of rotatable bonds is 9. The van der Waals surface area contributed by atoms with E-state index in [4.69, 9.17) is 9.84 Å². The normalized spacial score (nSPS) is 11.4. The zero-order chi connectivity index (χ0) is 15.7. The highest BCUT2D eigenvalue weighted by atomic mass is 16.5. The third-order valence-electron chi connectivity index (χ3n) is 3.15. The maximum Gasteiger partial charge on any atom is 0.304 e. The summed E-state index contributed by atoms with van der Waals surface area (Å²) >= 11 is 0. The molecule has 0 fully saturated rings. The summed E-state index contributed by atoms with van der Waals surface area (Å²) in [6, 6.07) is 8.11. The van der Waals surface area contributed by atoms with Crippen LogP contribution in [0.15, 0.2) is 24.3 Å². The Balaban J connectivity index is 2.22. The monoisotopic (exact) mass is 293 g/mol. The summed E-state index contributed by atoms with van der Waals surface area (Å²) in [5.41, 5.74) is 1.52. The summed E-state index contributed by atoms with van der Waals surface area (Å²) < 4.78 is 5.73. The number of aliphatic carboxylic acids is 1. The fourth-order valence-electron chi connectivity index (χ4n) is 1.78. The Kier molecular flexibility index (Phi) is 7.23. The van der Waals surface area contributed by atoms with Gasteiger partial charge in [0, 0.05) is 6.54 Å². The molecular formula is C17H27NO3. The van der Waals surface area contributed by atoms with E-state index in [1.165, 1.54) is 5.56 Å². The molecule has 0 saturated heterocycles. The largest absolute Gasteiger partial charge is 0.494 e. The number of ether oxygens (including phenoxy) is 1. The molecule has 0 aliphatic carbocycles. The minimum absolute atomic E-state index is 0.167. The summed E-state index contributed by atoms with van der Waals surface area (Å²) in [5, 5.41) is 11.6. The molecule has 1 aromatic carbocycles. The van der Waals surface area contributed by atoms with Gasteiger partial charge in [0.05, 0.1) is 13.0 Å². The highest BCUT2D eigenvalue weighted by Crippen LogP contribution is 2.19. The Bertz CT molecular complexity index is 421.